The Morgan fingerprint density at radius 1 is 1.12 bits per heavy atom. The molecule has 3 aromatic rings. The Hall–Kier alpha value is -2.73. The average molecular weight is 348 g/mol. The first kappa shape index (κ1) is 16.7. The summed E-state index contributed by atoms with van der Waals surface area (Å²) in [4.78, 5) is 13.6. The zero-order valence-electron chi connectivity index (χ0n) is 15.3. The Bertz CT molecular complexity index is 860. The van der Waals surface area contributed by atoms with Crippen LogP contribution in [-0.2, 0) is 13.6 Å². The maximum atomic E-state index is 4.50. The maximum Gasteiger partial charge on any atom is 0.147 e. The van der Waals surface area contributed by atoms with Crippen molar-refractivity contribution in [3.8, 4) is 0 Å². The van der Waals surface area contributed by atoms with Crippen molar-refractivity contribution in [3.63, 3.8) is 0 Å². The van der Waals surface area contributed by atoms with Crippen molar-refractivity contribution >= 4 is 5.82 Å². The van der Waals surface area contributed by atoms with E-state index < -0.39 is 0 Å². The van der Waals surface area contributed by atoms with Crippen LogP contribution in [0.3, 0.4) is 0 Å². The topological polar surface area (TPSA) is 50.1 Å². The van der Waals surface area contributed by atoms with Crippen molar-refractivity contribution in [2.45, 2.75) is 19.5 Å². The van der Waals surface area contributed by atoms with E-state index in [1.54, 1.807) is 12.4 Å². The number of aryl methyl sites for hydroxylation is 2. The van der Waals surface area contributed by atoms with Crippen molar-refractivity contribution < 1.29 is 0 Å². The molecule has 0 amide bonds. The summed E-state index contributed by atoms with van der Waals surface area (Å²) in [5.74, 6) is 0.951. The van der Waals surface area contributed by atoms with E-state index in [-0.39, 0.29) is 0 Å². The van der Waals surface area contributed by atoms with Gasteiger partial charge < -0.3 is 4.90 Å². The van der Waals surface area contributed by atoms with Gasteiger partial charge in [-0.2, -0.15) is 5.10 Å². The number of hydrogen-bond donors (Lipinski definition) is 0. The van der Waals surface area contributed by atoms with Crippen LogP contribution in [0.25, 0.3) is 0 Å². The van der Waals surface area contributed by atoms with Gasteiger partial charge in [0.15, 0.2) is 0 Å². The Balaban J connectivity index is 1.62. The quantitative estimate of drug-likeness (QED) is 0.725. The molecule has 6 heteroatoms. The van der Waals surface area contributed by atoms with Gasteiger partial charge in [-0.05, 0) is 18.1 Å². The van der Waals surface area contributed by atoms with Crippen LogP contribution < -0.4 is 4.90 Å². The summed E-state index contributed by atoms with van der Waals surface area (Å²) in [6, 6.07) is 8.99. The fourth-order valence-electron chi connectivity index (χ4n) is 3.72. The highest BCUT2D eigenvalue weighted by molar-refractivity contribution is 5.39. The highest BCUT2D eigenvalue weighted by atomic mass is 15.3. The molecule has 1 saturated heterocycles. The summed E-state index contributed by atoms with van der Waals surface area (Å²) in [6.45, 7) is 5.93. The van der Waals surface area contributed by atoms with Crippen LogP contribution in [0.2, 0.25) is 0 Å². The summed E-state index contributed by atoms with van der Waals surface area (Å²) in [5, 5.41) is 4.32. The van der Waals surface area contributed by atoms with E-state index in [1.807, 2.05) is 24.1 Å². The number of benzene rings is 1. The van der Waals surface area contributed by atoms with E-state index in [9.17, 15) is 0 Å². The van der Waals surface area contributed by atoms with Gasteiger partial charge in [-0.15, -0.1) is 0 Å². The zero-order chi connectivity index (χ0) is 17.9. The largest absolute Gasteiger partial charge is 0.352 e. The van der Waals surface area contributed by atoms with Crippen molar-refractivity contribution in [2.24, 2.45) is 7.05 Å². The van der Waals surface area contributed by atoms with E-state index in [0.717, 1.165) is 32.0 Å². The van der Waals surface area contributed by atoms with Crippen LogP contribution in [0.1, 0.15) is 22.7 Å². The van der Waals surface area contributed by atoms with Gasteiger partial charge in [-0.1, -0.05) is 24.3 Å². The number of rotatable bonds is 4. The predicted octanol–water partition coefficient (Wildman–Crippen LogP) is 2.58. The van der Waals surface area contributed by atoms with Crippen molar-refractivity contribution in [1.82, 2.24) is 24.6 Å². The molecular weight excluding hydrogens is 324 g/mol. The van der Waals surface area contributed by atoms with Gasteiger partial charge in [-0.3, -0.25) is 14.6 Å². The van der Waals surface area contributed by atoms with Crippen LogP contribution in [0.5, 0.6) is 0 Å². The smallest absolute Gasteiger partial charge is 0.147 e. The molecule has 3 heterocycles. The summed E-state index contributed by atoms with van der Waals surface area (Å²) in [7, 11) is 1.97. The average Bonchev–Trinajstić information content (AvgIpc) is 3.08. The third kappa shape index (κ3) is 3.46. The van der Waals surface area contributed by atoms with E-state index in [4.69, 9.17) is 0 Å². The molecule has 0 bridgehead atoms. The molecule has 0 N–H and O–H groups in total. The van der Waals surface area contributed by atoms with Crippen LogP contribution in [0, 0.1) is 6.92 Å². The molecule has 1 aliphatic heterocycles. The number of hydrogen-bond acceptors (Lipinski definition) is 5. The molecule has 1 unspecified atom stereocenters. The van der Waals surface area contributed by atoms with Gasteiger partial charge in [0, 0.05) is 57.4 Å². The zero-order valence-corrected chi connectivity index (χ0v) is 15.3. The molecule has 1 aliphatic rings. The monoisotopic (exact) mass is 348 g/mol. The molecule has 6 nitrogen and oxygen atoms in total. The number of piperazine rings is 1. The molecule has 2 aromatic heterocycles. The lowest BCUT2D eigenvalue weighted by Gasteiger charge is -2.42. The summed E-state index contributed by atoms with van der Waals surface area (Å²) in [6.07, 6.45) is 9.40. The summed E-state index contributed by atoms with van der Waals surface area (Å²) in [5.41, 5.74) is 3.96. The summed E-state index contributed by atoms with van der Waals surface area (Å²) >= 11 is 0. The SMILES string of the molecule is Cc1ccccc1C1CN(c2cnccn2)CCN1Cc1cnn(C)c1. The standard InChI is InChI=1S/C20H24N6/c1-16-5-3-4-6-18(16)19-15-26(20-12-21-7-8-22-20)10-9-25(19)14-17-11-23-24(2)13-17/h3-8,11-13,19H,9-10,14-15H2,1-2H3. The van der Waals surface area contributed by atoms with Gasteiger partial charge >= 0.3 is 0 Å². The van der Waals surface area contributed by atoms with Gasteiger partial charge in [0.25, 0.3) is 0 Å². The van der Waals surface area contributed by atoms with Crippen LogP contribution in [0.15, 0.2) is 55.2 Å². The predicted molar refractivity (Wildman–Crippen MR) is 102 cm³/mol. The molecule has 0 saturated carbocycles. The molecule has 26 heavy (non-hydrogen) atoms. The molecule has 0 spiro atoms. The molecule has 4 rings (SSSR count). The summed E-state index contributed by atoms with van der Waals surface area (Å²) < 4.78 is 1.87. The van der Waals surface area contributed by atoms with Gasteiger partial charge in [-0.25, -0.2) is 4.98 Å². The minimum atomic E-state index is 0.312. The molecule has 0 aliphatic carbocycles. The second-order valence-corrected chi connectivity index (χ2v) is 6.87. The molecule has 0 radical (unpaired) electrons. The minimum Gasteiger partial charge on any atom is -0.352 e. The number of anilines is 1. The van der Waals surface area contributed by atoms with Gasteiger partial charge in [0.1, 0.15) is 5.82 Å². The van der Waals surface area contributed by atoms with Crippen molar-refractivity contribution in [2.75, 3.05) is 24.5 Å². The molecule has 1 fully saturated rings. The lowest BCUT2D eigenvalue weighted by atomic mass is 9.97. The third-order valence-electron chi connectivity index (χ3n) is 5.06. The first-order valence-corrected chi connectivity index (χ1v) is 8.99. The van der Waals surface area contributed by atoms with E-state index in [1.165, 1.54) is 16.7 Å². The Labute approximate surface area is 154 Å². The highest BCUT2D eigenvalue weighted by Gasteiger charge is 2.30. The Morgan fingerprint density at radius 2 is 2.00 bits per heavy atom. The Morgan fingerprint density at radius 3 is 2.73 bits per heavy atom. The molecule has 1 atom stereocenters. The second-order valence-electron chi connectivity index (χ2n) is 6.87. The number of aromatic nitrogens is 4. The molecule has 134 valence electrons. The third-order valence-corrected chi connectivity index (χ3v) is 5.06. The van der Waals surface area contributed by atoms with Crippen LogP contribution in [-0.4, -0.2) is 44.3 Å². The lowest BCUT2D eigenvalue weighted by molar-refractivity contribution is 0.168. The first-order chi connectivity index (χ1) is 12.7. The molecule has 1 aromatic carbocycles. The Kier molecular flexibility index (Phi) is 4.67. The minimum absolute atomic E-state index is 0.312. The van der Waals surface area contributed by atoms with Gasteiger partial charge in [0.05, 0.1) is 18.4 Å². The highest BCUT2D eigenvalue weighted by Crippen LogP contribution is 2.30. The van der Waals surface area contributed by atoms with Gasteiger partial charge in [0.2, 0.25) is 0 Å². The fraction of sp³-hybridized carbons (Fsp3) is 0.350. The van der Waals surface area contributed by atoms with E-state index in [0.29, 0.717) is 6.04 Å². The maximum absolute atomic E-state index is 4.50. The van der Waals surface area contributed by atoms with Crippen LogP contribution in [0.4, 0.5) is 5.82 Å². The number of nitrogens with zero attached hydrogens (tertiary/aromatic N) is 6. The lowest BCUT2D eigenvalue weighted by Crippen LogP contribution is -2.48. The normalized spacial score (nSPS) is 18.2. The van der Waals surface area contributed by atoms with Crippen LogP contribution >= 0.6 is 0 Å². The fourth-order valence-corrected chi connectivity index (χ4v) is 3.72. The van der Waals surface area contributed by atoms with E-state index >= 15 is 0 Å². The second kappa shape index (κ2) is 7.25. The van der Waals surface area contributed by atoms with Crippen molar-refractivity contribution in [1.29, 1.82) is 0 Å². The first-order valence-electron chi connectivity index (χ1n) is 8.99. The molecular formula is C20H24N6. The van der Waals surface area contributed by atoms with E-state index in [2.05, 4.69) is 62.3 Å². The van der Waals surface area contributed by atoms with Crippen molar-refractivity contribution in [3.05, 3.63) is 71.9 Å².